The summed E-state index contributed by atoms with van der Waals surface area (Å²) in [5, 5.41) is 23.3. The number of nitrogens with one attached hydrogen (secondary N) is 2. The van der Waals surface area contributed by atoms with E-state index in [0.29, 0.717) is 12.2 Å². The third kappa shape index (κ3) is 5.64. The number of hydrogen-bond donors (Lipinski definition) is 3. The number of carboxylic acids is 1. The summed E-state index contributed by atoms with van der Waals surface area (Å²) in [5.41, 5.74) is 0.295. The Morgan fingerprint density at radius 2 is 2.14 bits per heavy atom. The zero-order valence-corrected chi connectivity index (χ0v) is 12.5. The van der Waals surface area contributed by atoms with Gasteiger partial charge in [-0.3, -0.25) is 4.79 Å². The molecular formula is C15H18N4O3. The summed E-state index contributed by atoms with van der Waals surface area (Å²) in [6.45, 7) is 1.36. The molecule has 0 heterocycles. The third-order valence-electron chi connectivity index (χ3n) is 2.68. The largest absolute Gasteiger partial charge is 0.478 e. The molecule has 1 aromatic rings. The van der Waals surface area contributed by atoms with Crippen LogP contribution in [0.25, 0.3) is 0 Å². The number of hydrogen-bond acceptors (Lipinski definition) is 5. The van der Waals surface area contributed by atoms with E-state index in [1.165, 1.54) is 24.4 Å². The van der Waals surface area contributed by atoms with Crippen molar-refractivity contribution >= 4 is 17.6 Å². The maximum absolute atomic E-state index is 12.0. The van der Waals surface area contributed by atoms with Crippen molar-refractivity contribution in [1.82, 2.24) is 10.2 Å². The van der Waals surface area contributed by atoms with Gasteiger partial charge in [0.1, 0.15) is 11.6 Å². The fourth-order valence-electron chi connectivity index (χ4n) is 1.54. The molecule has 0 fully saturated rings. The van der Waals surface area contributed by atoms with Gasteiger partial charge in [0.2, 0.25) is 0 Å². The number of rotatable bonds is 7. The average molecular weight is 302 g/mol. The summed E-state index contributed by atoms with van der Waals surface area (Å²) >= 11 is 0. The predicted octanol–water partition coefficient (Wildman–Crippen LogP) is 0.882. The van der Waals surface area contributed by atoms with Crippen molar-refractivity contribution in [2.75, 3.05) is 32.5 Å². The number of carbonyl (C=O) groups excluding carboxylic acids is 1. The second kappa shape index (κ2) is 8.44. The van der Waals surface area contributed by atoms with Gasteiger partial charge in [0.15, 0.2) is 0 Å². The van der Waals surface area contributed by atoms with Crippen molar-refractivity contribution < 1.29 is 14.7 Å². The van der Waals surface area contributed by atoms with E-state index in [4.69, 9.17) is 10.4 Å². The lowest BCUT2D eigenvalue weighted by atomic mass is 10.2. The van der Waals surface area contributed by atoms with Gasteiger partial charge in [0, 0.05) is 25.0 Å². The van der Waals surface area contributed by atoms with Gasteiger partial charge in [0.25, 0.3) is 5.91 Å². The Balaban J connectivity index is 2.69. The summed E-state index contributed by atoms with van der Waals surface area (Å²) in [6, 6.07) is 7.62. The molecule has 0 saturated carbocycles. The van der Waals surface area contributed by atoms with E-state index in [-0.39, 0.29) is 11.1 Å². The number of likely N-dealkylation sites (N-methyl/N-ethyl adjacent to an activating group) is 1. The second-order valence-corrected chi connectivity index (χ2v) is 4.77. The monoisotopic (exact) mass is 302 g/mol. The first-order valence-corrected chi connectivity index (χ1v) is 6.57. The first kappa shape index (κ1) is 17.2. The Morgan fingerprint density at radius 3 is 2.73 bits per heavy atom. The highest BCUT2D eigenvalue weighted by Gasteiger charge is 2.10. The zero-order valence-electron chi connectivity index (χ0n) is 12.5. The standard InChI is InChI=1S/C15H18N4O3/c1-19(2)7-6-17-10-12(9-16)14(20)18-13-5-3-4-11(8-13)15(21)22/h3-5,8,10,17H,6-7H2,1-2H3,(H,18,20)(H,21,22)/b12-10-. The first-order chi connectivity index (χ1) is 10.4. The first-order valence-electron chi connectivity index (χ1n) is 6.57. The minimum atomic E-state index is -1.09. The van der Waals surface area contributed by atoms with Crippen molar-refractivity contribution in [2.24, 2.45) is 0 Å². The molecular weight excluding hydrogens is 284 g/mol. The summed E-state index contributed by atoms with van der Waals surface area (Å²) in [4.78, 5) is 24.8. The van der Waals surface area contributed by atoms with E-state index in [0.717, 1.165) is 6.54 Å². The number of amides is 1. The minimum Gasteiger partial charge on any atom is -0.478 e. The lowest BCUT2D eigenvalue weighted by Gasteiger charge is -2.09. The maximum atomic E-state index is 12.0. The van der Waals surface area contributed by atoms with Crippen LogP contribution in [0.3, 0.4) is 0 Å². The van der Waals surface area contributed by atoms with E-state index in [2.05, 4.69) is 10.6 Å². The van der Waals surface area contributed by atoms with Gasteiger partial charge in [-0.1, -0.05) is 6.07 Å². The molecule has 0 aliphatic heterocycles. The van der Waals surface area contributed by atoms with Crippen LogP contribution in [0.15, 0.2) is 36.0 Å². The van der Waals surface area contributed by atoms with E-state index in [1.807, 2.05) is 19.0 Å². The molecule has 0 aliphatic carbocycles. The normalized spacial score (nSPS) is 10.9. The number of aromatic carboxylic acids is 1. The molecule has 0 saturated heterocycles. The molecule has 0 spiro atoms. The fraction of sp³-hybridized carbons (Fsp3) is 0.267. The van der Waals surface area contributed by atoms with Crippen LogP contribution in [0.4, 0.5) is 5.69 Å². The van der Waals surface area contributed by atoms with Crippen molar-refractivity contribution in [2.45, 2.75) is 0 Å². The molecule has 0 bridgehead atoms. The van der Waals surface area contributed by atoms with Crippen LogP contribution in [0.5, 0.6) is 0 Å². The molecule has 0 unspecified atom stereocenters. The molecule has 1 aromatic carbocycles. The van der Waals surface area contributed by atoms with Crippen LogP contribution < -0.4 is 10.6 Å². The van der Waals surface area contributed by atoms with Gasteiger partial charge in [-0.05, 0) is 32.3 Å². The van der Waals surface area contributed by atoms with Crippen LogP contribution in [0.1, 0.15) is 10.4 Å². The molecule has 116 valence electrons. The molecule has 22 heavy (non-hydrogen) atoms. The molecule has 7 heteroatoms. The van der Waals surface area contributed by atoms with Crippen LogP contribution in [-0.4, -0.2) is 49.1 Å². The Bertz CT molecular complexity index is 617. The molecule has 1 rings (SSSR count). The molecule has 3 N–H and O–H groups in total. The zero-order chi connectivity index (χ0) is 16.5. The predicted molar refractivity (Wildman–Crippen MR) is 82.3 cm³/mol. The van der Waals surface area contributed by atoms with E-state index < -0.39 is 11.9 Å². The molecule has 7 nitrogen and oxygen atoms in total. The third-order valence-corrected chi connectivity index (χ3v) is 2.68. The number of carboxylic acid groups (broad SMARTS) is 1. The highest BCUT2D eigenvalue weighted by molar-refractivity contribution is 6.06. The summed E-state index contributed by atoms with van der Waals surface area (Å²) in [7, 11) is 3.83. The Labute approximate surface area is 128 Å². The van der Waals surface area contributed by atoms with Crippen LogP contribution in [-0.2, 0) is 4.79 Å². The van der Waals surface area contributed by atoms with Gasteiger partial charge >= 0.3 is 5.97 Å². The number of benzene rings is 1. The van der Waals surface area contributed by atoms with Crippen molar-refractivity contribution in [1.29, 1.82) is 5.26 Å². The summed E-state index contributed by atoms with van der Waals surface area (Å²) in [6.07, 6.45) is 1.35. The van der Waals surface area contributed by atoms with E-state index in [9.17, 15) is 9.59 Å². The van der Waals surface area contributed by atoms with Gasteiger partial charge in [0.05, 0.1) is 5.56 Å². The number of nitrogens with zero attached hydrogens (tertiary/aromatic N) is 2. The number of carbonyl (C=O) groups is 2. The maximum Gasteiger partial charge on any atom is 0.335 e. The Hall–Kier alpha value is -2.85. The highest BCUT2D eigenvalue weighted by Crippen LogP contribution is 2.11. The van der Waals surface area contributed by atoms with Crippen LogP contribution in [0.2, 0.25) is 0 Å². The molecule has 0 atom stereocenters. The minimum absolute atomic E-state index is 0.0596. The highest BCUT2D eigenvalue weighted by atomic mass is 16.4. The van der Waals surface area contributed by atoms with E-state index >= 15 is 0 Å². The van der Waals surface area contributed by atoms with Crippen LogP contribution in [0, 0.1) is 11.3 Å². The fourth-order valence-corrected chi connectivity index (χ4v) is 1.54. The SMILES string of the molecule is CN(C)CCN/C=C(/C#N)C(=O)Nc1cccc(C(=O)O)c1. The summed E-state index contributed by atoms with van der Waals surface area (Å²) in [5.74, 6) is -1.68. The molecule has 0 aromatic heterocycles. The van der Waals surface area contributed by atoms with E-state index in [1.54, 1.807) is 12.1 Å². The molecule has 0 radical (unpaired) electrons. The second-order valence-electron chi connectivity index (χ2n) is 4.77. The Kier molecular flexibility index (Phi) is 6.60. The molecule has 0 aliphatic rings. The lowest BCUT2D eigenvalue weighted by molar-refractivity contribution is -0.112. The van der Waals surface area contributed by atoms with Crippen molar-refractivity contribution in [3.05, 3.63) is 41.6 Å². The number of anilines is 1. The topological polar surface area (TPSA) is 105 Å². The van der Waals surface area contributed by atoms with Gasteiger partial charge < -0.3 is 20.6 Å². The molecule has 1 amide bonds. The van der Waals surface area contributed by atoms with Crippen LogP contribution >= 0.6 is 0 Å². The van der Waals surface area contributed by atoms with Crippen molar-refractivity contribution in [3.8, 4) is 6.07 Å². The van der Waals surface area contributed by atoms with Gasteiger partial charge in [-0.25, -0.2) is 4.79 Å². The van der Waals surface area contributed by atoms with Gasteiger partial charge in [-0.15, -0.1) is 0 Å². The quantitative estimate of drug-likeness (QED) is 0.392. The van der Waals surface area contributed by atoms with Gasteiger partial charge in [-0.2, -0.15) is 5.26 Å². The average Bonchev–Trinajstić information content (AvgIpc) is 2.47. The Morgan fingerprint density at radius 1 is 1.41 bits per heavy atom. The lowest BCUT2D eigenvalue weighted by Crippen LogP contribution is -2.24. The van der Waals surface area contributed by atoms with Crippen molar-refractivity contribution in [3.63, 3.8) is 0 Å². The number of nitriles is 1. The summed E-state index contributed by atoms with van der Waals surface area (Å²) < 4.78 is 0. The smallest absolute Gasteiger partial charge is 0.335 e.